The van der Waals surface area contributed by atoms with Gasteiger partial charge < -0.3 is 0 Å². The van der Waals surface area contributed by atoms with Gasteiger partial charge in [-0.1, -0.05) is 88.4 Å². The Morgan fingerprint density at radius 1 is 1.03 bits per heavy atom. The Bertz CT molecular complexity index is 927. The number of hydrogen-bond acceptors (Lipinski definition) is 3. The molecule has 162 valence electrons. The molecule has 4 rings (SSSR count). The number of rotatable bonds is 8. The third-order valence-corrected chi connectivity index (χ3v) is 8.02. The van der Waals surface area contributed by atoms with E-state index in [1.807, 2.05) is 4.57 Å². The van der Waals surface area contributed by atoms with Crippen LogP contribution in [-0.4, -0.2) is 15.3 Å². The zero-order valence-electron chi connectivity index (χ0n) is 18.7. The molecule has 0 saturated heterocycles. The Morgan fingerprint density at radius 3 is 2.60 bits per heavy atom. The van der Waals surface area contributed by atoms with E-state index >= 15 is 0 Å². The van der Waals surface area contributed by atoms with Gasteiger partial charge in [0.2, 0.25) is 0 Å². The highest BCUT2D eigenvalue weighted by Gasteiger charge is 2.43. The van der Waals surface area contributed by atoms with Crippen LogP contribution >= 0.6 is 11.8 Å². The average Bonchev–Trinajstić information content (AvgIpc) is 2.76. The fourth-order valence-corrected chi connectivity index (χ4v) is 6.46. The molecule has 30 heavy (non-hydrogen) atoms. The molecule has 4 heteroatoms. The third-order valence-electron chi connectivity index (χ3n) is 6.95. The van der Waals surface area contributed by atoms with E-state index in [2.05, 4.69) is 38.1 Å². The van der Waals surface area contributed by atoms with Crippen molar-refractivity contribution in [1.29, 1.82) is 0 Å². The van der Waals surface area contributed by atoms with Gasteiger partial charge in [-0.3, -0.25) is 9.36 Å². The van der Waals surface area contributed by atoms with Gasteiger partial charge >= 0.3 is 0 Å². The monoisotopic (exact) mass is 424 g/mol. The van der Waals surface area contributed by atoms with E-state index in [1.165, 1.54) is 56.1 Å². The third kappa shape index (κ3) is 4.12. The number of thioether (sulfide) groups is 1. The summed E-state index contributed by atoms with van der Waals surface area (Å²) < 4.78 is 2.01. The minimum Gasteiger partial charge on any atom is -0.287 e. The molecule has 1 aromatic heterocycles. The lowest BCUT2D eigenvalue weighted by molar-refractivity contribution is 0.282. The van der Waals surface area contributed by atoms with Crippen LogP contribution in [0.5, 0.6) is 0 Å². The normalized spacial score (nSPS) is 17.0. The van der Waals surface area contributed by atoms with Gasteiger partial charge in [-0.15, -0.1) is 0 Å². The fraction of sp³-hybridized carbons (Fsp3) is 0.615. The van der Waals surface area contributed by atoms with Crippen molar-refractivity contribution < 1.29 is 0 Å². The lowest BCUT2D eigenvalue weighted by Gasteiger charge is -2.42. The Morgan fingerprint density at radius 2 is 1.83 bits per heavy atom. The molecule has 0 radical (unpaired) electrons. The highest BCUT2D eigenvalue weighted by atomic mass is 32.2. The largest absolute Gasteiger partial charge is 0.287 e. The summed E-state index contributed by atoms with van der Waals surface area (Å²) in [5.41, 5.74) is 4.83. The Kier molecular flexibility index (Phi) is 7.02. The van der Waals surface area contributed by atoms with Crippen LogP contribution < -0.4 is 5.56 Å². The molecule has 0 N–H and O–H groups in total. The van der Waals surface area contributed by atoms with Crippen molar-refractivity contribution in [2.45, 2.75) is 102 Å². The summed E-state index contributed by atoms with van der Waals surface area (Å²) in [4.78, 5) is 19.2. The summed E-state index contributed by atoms with van der Waals surface area (Å²) >= 11 is 1.79. The van der Waals surface area contributed by atoms with Crippen molar-refractivity contribution in [1.82, 2.24) is 9.55 Å². The van der Waals surface area contributed by atoms with Crippen LogP contribution in [0.3, 0.4) is 0 Å². The van der Waals surface area contributed by atoms with Gasteiger partial charge in [0.15, 0.2) is 5.16 Å². The van der Waals surface area contributed by atoms with Crippen LogP contribution in [0.15, 0.2) is 34.2 Å². The van der Waals surface area contributed by atoms with Crippen molar-refractivity contribution in [2.75, 3.05) is 5.75 Å². The molecule has 0 amide bonds. The van der Waals surface area contributed by atoms with Gasteiger partial charge in [0, 0.05) is 23.3 Å². The predicted octanol–water partition coefficient (Wildman–Crippen LogP) is 6.75. The second kappa shape index (κ2) is 9.72. The molecule has 0 unspecified atom stereocenters. The van der Waals surface area contributed by atoms with E-state index in [1.54, 1.807) is 11.8 Å². The molecule has 0 atom stereocenters. The Labute approximate surface area is 185 Å². The maximum atomic E-state index is 14.0. The van der Waals surface area contributed by atoms with Crippen molar-refractivity contribution in [3.8, 4) is 11.3 Å². The van der Waals surface area contributed by atoms with Crippen LogP contribution in [0.1, 0.15) is 89.2 Å². The van der Waals surface area contributed by atoms with Gasteiger partial charge in [-0.25, -0.2) is 4.98 Å². The summed E-state index contributed by atoms with van der Waals surface area (Å²) in [6, 6.07) is 8.67. The van der Waals surface area contributed by atoms with Gasteiger partial charge in [-0.2, -0.15) is 0 Å². The lowest BCUT2D eigenvalue weighted by atomic mass is 9.62. The van der Waals surface area contributed by atoms with Gasteiger partial charge in [0.05, 0.1) is 11.3 Å². The van der Waals surface area contributed by atoms with Crippen LogP contribution in [0.25, 0.3) is 11.3 Å². The van der Waals surface area contributed by atoms with Crippen LogP contribution in [0, 0.1) is 0 Å². The second-order valence-corrected chi connectivity index (χ2v) is 10.2. The van der Waals surface area contributed by atoms with Crippen molar-refractivity contribution in [2.24, 2.45) is 0 Å². The first-order valence-electron chi connectivity index (χ1n) is 12.1. The van der Waals surface area contributed by atoms with E-state index in [9.17, 15) is 4.79 Å². The molecule has 0 aliphatic heterocycles. The standard InChI is InChI=1S/C26H36N2OS/c1-3-5-6-12-18-30-25-27-23-21-14-9-8-13-20(21)19-26(15-10-7-11-16-26)22(23)24(29)28(25)17-4-2/h8-9,13-14H,3-7,10-12,15-19H2,1-2H3. The van der Waals surface area contributed by atoms with Crippen molar-refractivity contribution in [3.05, 3.63) is 45.7 Å². The van der Waals surface area contributed by atoms with Gasteiger partial charge in [-0.05, 0) is 37.7 Å². The predicted molar refractivity (Wildman–Crippen MR) is 128 cm³/mol. The quantitative estimate of drug-likeness (QED) is 0.267. The minimum atomic E-state index is -0.00810. The van der Waals surface area contributed by atoms with E-state index in [0.29, 0.717) is 0 Å². The van der Waals surface area contributed by atoms with Gasteiger partial charge in [0.25, 0.3) is 5.56 Å². The van der Waals surface area contributed by atoms with Crippen LogP contribution in [0.4, 0.5) is 0 Å². The SMILES string of the molecule is CCCCCCSc1nc2c(c(=O)n1CCC)C1(CCCCC1)Cc1ccccc1-2. The number of hydrogen-bond donors (Lipinski definition) is 0. The molecule has 1 saturated carbocycles. The summed E-state index contributed by atoms with van der Waals surface area (Å²) in [6.07, 6.45) is 13.0. The first kappa shape index (κ1) is 21.7. The van der Waals surface area contributed by atoms with Crippen LogP contribution in [0.2, 0.25) is 0 Å². The molecule has 2 aliphatic rings. The molecule has 1 spiro atoms. The molecule has 2 aliphatic carbocycles. The summed E-state index contributed by atoms with van der Waals surface area (Å²) in [5.74, 6) is 1.04. The second-order valence-electron chi connectivity index (χ2n) is 9.16. The summed E-state index contributed by atoms with van der Waals surface area (Å²) in [6.45, 7) is 5.18. The number of unbranched alkanes of at least 4 members (excludes halogenated alkanes) is 3. The molecule has 1 aromatic carbocycles. The number of fused-ring (bicyclic) bond motifs is 4. The first-order chi connectivity index (χ1) is 14.7. The lowest BCUT2D eigenvalue weighted by Crippen LogP contribution is -2.43. The number of nitrogens with zero attached hydrogens (tertiary/aromatic N) is 2. The topological polar surface area (TPSA) is 34.9 Å². The summed E-state index contributed by atoms with van der Waals surface area (Å²) in [7, 11) is 0. The number of benzene rings is 1. The maximum Gasteiger partial charge on any atom is 0.258 e. The minimum absolute atomic E-state index is 0.00810. The smallest absolute Gasteiger partial charge is 0.258 e. The molecule has 1 heterocycles. The Balaban J connectivity index is 1.80. The highest BCUT2D eigenvalue weighted by molar-refractivity contribution is 7.99. The van der Waals surface area contributed by atoms with E-state index in [-0.39, 0.29) is 11.0 Å². The van der Waals surface area contributed by atoms with E-state index < -0.39 is 0 Å². The fourth-order valence-electron chi connectivity index (χ4n) is 5.44. The van der Waals surface area contributed by atoms with E-state index in [4.69, 9.17) is 4.98 Å². The zero-order chi connectivity index (χ0) is 21.0. The molecular formula is C26H36N2OS. The zero-order valence-corrected chi connectivity index (χ0v) is 19.5. The van der Waals surface area contributed by atoms with Crippen molar-refractivity contribution in [3.63, 3.8) is 0 Å². The van der Waals surface area contributed by atoms with Crippen molar-refractivity contribution >= 4 is 11.8 Å². The maximum absolute atomic E-state index is 14.0. The average molecular weight is 425 g/mol. The molecule has 0 bridgehead atoms. The highest BCUT2D eigenvalue weighted by Crippen LogP contribution is 2.48. The van der Waals surface area contributed by atoms with Gasteiger partial charge in [0.1, 0.15) is 0 Å². The number of aromatic nitrogens is 2. The molecule has 2 aromatic rings. The van der Waals surface area contributed by atoms with Crippen LogP contribution in [-0.2, 0) is 18.4 Å². The molecule has 3 nitrogen and oxygen atoms in total. The Hall–Kier alpha value is -1.55. The first-order valence-corrected chi connectivity index (χ1v) is 13.0. The summed E-state index contributed by atoms with van der Waals surface area (Å²) in [5, 5.41) is 0.930. The van der Waals surface area contributed by atoms with E-state index in [0.717, 1.165) is 54.4 Å². The molecule has 1 fully saturated rings. The molecular weight excluding hydrogens is 388 g/mol.